The maximum absolute atomic E-state index is 6.03. The zero-order valence-corrected chi connectivity index (χ0v) is 14.9. The minimum absolute atomic E-state index is 0.379. The van der Waals surface area contributed by atoms with Crippen LogP contribution in [0.1, 0.15) is 85.0 Å². The van der Waals surface area contributed by atoms with E-state index in [0.717, 1.165) is 31.6 Å². The number of ether oxygens (including phenoxy) is 2. The molecule has 0 N–H and O–H groups in total. The van der Waals surface area contributed by atoms with Crippen LogP contribution in [-0.2, 0) is 9.47 Å². The van der Waals surface area contributed by atoms with Crippen molar-refractivity contribution in [1.29, 1.82) is 0 Å². The van der Waals surface area contributed by atoms with Crippen LogP contribution in [0, 0.1) is 0 Å². The Kier molecular flexibility index (Phi) is 14.4. The Labute approximate surface area is 132 Å². The first kappa shape index (κ1) is 20.3. The van der Waals surface area contributed by atoms with Gasteiger partial charge in [0, 0.05) is 26.1 Å². The molecule has 0 amide bonds. The molecule has 0 aromatic carbocycles. The third-order valence-corrected chi connectivity index (χ3v) is 3.85. The van der Waals surface area contributed by atoms with Crippen LogP contribution in [0.2, 0.25) is 0 Å². The maximum atomic E-state index is 6.03. The molecule has 20 heavy (non-hydrogen) atoms. The van der Waals surface area contributed by atoms with Gasteiger partial charge in [-0.05, 0) is 25.5 Å². The summed E-state index contributed by atoms with van der Waals surface area (Å²) in [5.41, 5.74) is 0. The first-order valence-electron chi connectivity index (χ1n) is 8.63. The summed E-state index contributed by atoms with van der Waals surface area (Å²) in [4.78, 5) is 0. The minimum Gasteiger partial charge on any atom is -0.350 e. The molecule has 0 saturated heterocycles. The molecule has 0 heterocycles. The largest absolute Gasteiger partial charge is 0.350 e. The molecule has 0 radical (unpaired) electrons. The third-order valence-electron chi connectivity index (χ3n) is 3.63. The van der Waals surface area contributed by atoms with E-state index in [9.17, 15) is 0 Å². The average molecular weight is 305 g/mol. The van der Waals surface area contributed by atoms with Gasteiger partial charge in [0.2, 0.25) is 0 Å². The SMILES string of the molecule is CCCCCCCCCC(CCS)(OCC)OCCC. The van der Waals surface area contributed by atoms with Gasteiger partial charge in [0.1, 0.15) is 0 Å². The van der Waals surface area contributed by atoms with Gasteiger partial charge in [0.15, 0.2) is 5.79 Å². The van der Waals surface area contributed by atoms with Crippen LogP contribution in [0.25, 0.3) is 0 Å². The van der Waals surface area contributed by atoms with Crippen molar-refractivity contribution in [2.45, 2.75) is 90.8 Å². The van der Waals surface area contributed by atoms with E-state index in [-0.39, 0.29) is 5.79 Å². The third kappa shape index (κ3) is 10.1. The molecule has 0 fully saturated rings. The number of rotatable bonds is 15. The number of unbranched alkanes of at least 4 members (excludes halogenated alkanes) is 6. The maximum Gasteiger partial charge on any atom is 0.169 e. The van der Waals surface area contributed by atoms with Crippen molar-refractivity contribution in [3.63, 3.8) is 0 Å². The summed E-state index contributed by atoms with van der Waals surface area (Å²) in [7, 11) is 0. The van der Waals surface area contributed by atoms with Gasteiger partial charge in [-0.15, -0.1) is 0 Å². The highest BCUT2D eigenvalue weighted by molar-refractivity contribution is 7.80. The second-order valence-corrected chi connectivity index (χ2v) is 5.98. The molecule has 0 bridgehead atoms. The molecule has 0 aliphatic heterocycles. The molecule has 0 aliphatic carbocycles. The molecule has 1 unspecified atom stereocenters. The van der Waals surface area contributed by atoms with Gasteiger partial charge in [-0.25, -0.2) is 0 Å². The summed E-state index contributed by atoms with van der Waals surface area (Å²) in [5.74, 6) is 0.441. The number of hydrogen-bond donors (Lipinski definition) is 1. The molecule has 0 aromatic rings. The van der Waals surface area contributed by atoms with Crippen LogP contribution in [-0.4, -0.2) is 24.8 Å². The molecule has 1 atom stereocenters. The zero-order valence-electron chi connectivity index (χ0n) is 14.0. The first-order chi connectivity index (χ1) is 9.74. The fourth-order valence-corrected chi connectivity index (χ4v) is 2.87. The summed E-state index contributed by atoms with van der Waals surface area (Å²) in [5, 5.41) is 0. The second-order valence-electron chi connectivity index (χ2n) is 5.54. The van der Waals surface area contributed by atoms with Crippen molar-refractivity contribution in [1.82, 2.24) is 0 Å². The molecule has 0 aromatic heterocycles. The van der Waals surface area contributed by atoms with Gasteiger partial charge in [-0.3, -0.25) is 0 Å². The summed E-state index contributed by atoms with van der Waals surface area (Å²) < 4.78 is 12.0. The molecular weight excluding hydrogens is 268 g/mol. The Morgan fingerprint density at radius 1 is 0.750 bits per heavy atom. The minimum atomic E-state index is -0.379. The summed E-state index contributed by atoms with van der Waals surface area (Å²) in [6.45, 7) is 7.95. The lowest BCUT2D eigenvalue weighted by Gasteiger charge is -2.33. The first-order valence-corrected chi connectivity index (χ1v) is 9.26. The molecule has 0 spiro atoms. The lowest BCUT2D eigenvalue weighted by atomic mass is 10.0. The van der Waals surface area contributed by atoms with Gasteiger partial charge in [-0.1, -0.05) is 52.4 Å². The monoisotopic (exact) mass is 304 g/mol. The standard InChI is InChI=1S/C17H36O2S/c1-4-7-8-9-10-11-12-13-17(14-16-20,18-6-3)19-15-5-2/h20H,4-16H2,1-3H3. The van der Waals surface area contributed by atoms with Crippen LogP contribution in [0.15, 0.2) is 0 Å². The van der Waals surface area contributed by atoms with E-state index in [0.29, 0.717) is 6.61 Å². The van der Waals surface area contributed by atoms with Crippen molar-refractivity contribution in [3.05, 3.63) is 0 Å². The highest BCUT2D eigenvalue weighted by Crippen LogP contribution is 2.27. The van der Waals surface area contributed by atoms with Crippen LogP contribution in [0.4, 0.5) is 0 Å². The zero-order chi connectivity index (χ0) is 15.1. The summed E-state index contributed by atoms with van der Waals surface area (Å²) in [6, 6.07) is 0. The summed E-state index contributed by atoms with van der Waals surface area (Å²) in [6.07, 6.45) is 12.2. The number of thiol groups is 1. The van der Waals surface area contributed by atoms with Crippen molar-refractivity contribution in [2.24, 2.45) is 0 Å². The van der Waals surface area contributed by atoms with Gasteiger partial charge in [0.25, 0.3) is 0 Å². The van der Waals surface area contributed by atoms with E-state index in [1.165, 1.54) is 44.9 Å². The van der Waals surface area contributed by atoms with Crippen molar-refractivity contribution >= 4 is 12.6 Å². The Hall–Kier alpha value is 0.270. The smallest absolute Gasteiger partial charge is 0.169 e. The van der Waals surface area contributed by atoms with Crippen molar-refractivity contribution in [3.8, 4) is 0 Å². The number of hydrogen-bond acceptors (Lipinski definition) is 3. The van der Waals surface area contributed by atoms with Crippen LogP contribution in [0.5, 0.6) is 0 Å². The molecule has 3 heteroatoms. The Balaban J connectivity index is 3.99. The molecule has 0 saturated carbocycles. The van der Waals surface area contributed by atoms with Crippen LogP contribution >= 0.6 is 12.6 Å². The van der Waals surface area contributed by atoms with Crippen molar-refractivity contribution < 1.29 is 9.47 Å². The van der Waals surface area contributed by atoms with E-state index in [1.807, 2.05) is 6.92 Å². The van der Waals surface area contributed by atoms with E-state index >= 15 is 0 Å². The van der Waals surface area contributed by atoms with Gasteiger partial charge >= 0.3 is 0 Å². The van der Waals surface area contributed by atoms with E-state index in [4.69, 9.17) is 9.47 Å². The Bertz CT molecular complexity index is 191. The normalized spacial score (nSPS) is 14.4. The molecule has 0 aliphatic rings. The quantitative estimate of drug-likeness (QED) is 0.241. The van der Waals surface area contributed by atoms with E-state index in [2.05, 4.69) is 26.5 Å². The fraction of sp³-hybridized carbons (Fsp3) is 1.00. The van der Waals surface area contributed by atoms with E-state index < -0.39 is 0 Å². The van der Waals surface area contributed by atoms with Gasteiger partial charge in [0.05, 0.1) is 0 Å². The predicted molar refractivity (Wildman–Crippen MR) is 91.7 cm³/mol. The van der Waals surface area contributed by atoms with Crippen LogP contribution < -0.4 is 0 Å². The topological polar surface area (TPSA) is 18.5 Å². The predicted octanol–water partition coefficient (Wildman–Crippen LogP) is 5.61. The van der Waals surface area contributed by atoms with Crippen molar-refractivity contribution in [2.75, 3.05) is 19.0 Å². The molecule has 2 nitrogen and oxygen atoms in total. The average Bonchev–Trinajstić information content (AvgIpc) is 2.45. The molecular formula is C17H36O2S. The Morgan fingerprint density at radius 2 is 1.40 bits per heavy atom. The molecule has 122 valence electrons. The molecule has 0 rings (SSSR count). The lowest BCUT2D eigenvalue weighted by molar-refractivity contribution is -0.240. The highest BCUT2D eigenvalue weighted by Gasteiger charge is 2.29. The summed E-state index contributed by atoms with van der Waals surface area (Å²) >= 11 is 4.37. The van der Waals surface area contributed by atoms with Gasteiger partial charge in [-0.2, -0.15) is 12.6 Å². The van der Waals surface area contributed by atoms with Gasteiger partial charge < -0.3 is 9.47 Å². The second kappa shape index (κ2) is 14.2. The van der Waals surface area contributed by atoms with E-state index in [1.54, 1.807) is 0 Å². The fourth-order valence-electron chi connectivity index (χ4n) is 2.53. The Morgan fingerprint density at radius 3 is 1.95 bits per heavy atom. The van der Waals surface area contributed by atoms with Crippen LogP contribution in [0.3, 0.4) is 0 Å². The lowest BCUT2D eigenvalue weighted by Crippen LogP contribution is -2.37. The highest BCUT2D eigenvalue weighted by atomic mass is 32.1.